The Hall–Kier alpha value is -3.21. The summed E-state index contributed by atoms with van der Waals surface area (Å²) in [4.78, 5) is 17.5. The highest BCUT2D eigenvalue weighted by Gasteiger charge is 2.15. The second-order valence-electron chi connectivity index (χ2n) is 5.60. The molecule has 0 radical (unpaired) electrons. The number of halogens is 1. The number of fused-ring (bicyclic) bond motifs is 1. The average molecular weight is 319 g/mol. The Kier molecular flexibility index (Phi) is 3.27. The second-order valence-corrected chi connectivity index (χ2v) is 5.60. The van der Waals surface area contributed by atoms with Crippen molar-refractivity contribution in [2.45, 2.75) is 6.92 Å². The van der Waals surface area contributed by atoms with Crippen molar-refractivity contribution >= 4 is 5.65 Å². The quantitative estimate of drug-likeness (QED) is 0.611. The van der Waals surface area contributed by atoms with Crippen LogP contribution >= 0.6 is 0 Å². The van der Waals surface area contributed by atoms with Gasteiger partial charge in [0.1, 0.15) is 5.82 Å². The van der Waals surface area contributed by atoms with Crippen molar-refractivity contribution < 1.29 is 4.39 Å². The Bertz CT molecular complexity index is 1080. The molecule has 0 spiro atoms. The fraction of sp³-hybridized carbons (Fsp3) is 0.0526. The van der Waals surface area contributed by atoms with Crippen molar-refractivity contribution in [3.8, 4) is 22.3 Å². The molecule has 0 bridgehead atoms. The van der Waals surface area contributed by atoms with Crippen LogP contribution < -0.4 is 5.56 Å². The van der Waals surface area contributed by atoms with Gasteiger partial charge in [0.15, 0.2) is 5.65 Å². The minimum Gasteiger partial charge on any atom is -0.296 e. The molecule has 24 heavy (non-hydrogen) atoms. The molecule has 0 aliphatic rings. The van der Waals surface area contributed by atoms with Gasteiger partial charge in [-0.1, -0.05) is 42.5 Å². The van der Waals surface area contributed by atoms with E-state index in [0.717, 1.165) is 16.7 Å². The standard InChI is InChI=1S/C19H14FN3O/c1-12-17(14-5-3-2-4-6-14)19(24)23-18(22-12)16(11-21-23)13-7-9-15(20)10-8-13/h2-11,21H,1H3. The summed E-state index contributed by atoms with van der Waals surface area (Å²) in [6.45, 7) is 1.82. The van der Waals surface area contributed by atoms with Crippen molar-refractivity contribution in [2.75, 3.05) is 0 Å². The van der Waals surface area contributed by atoms with Gasteiger partial charge in [-0.15, -0.1) is 0 Å². The molecule has 2 aromatic carbocycles. The van der Waals surface area contributed by atoms with Crippen molar-refractivity contribution in [3.63, 3.8) is 0 Å². The number of aromatic nitrogens is 3. The van der Waals surface area contributed by atoms with Gasteiger partial charge < -0.3 is 0 Å². The Morgan fingerprint density at radius 3 is 2.42 bits per heavy atom. The molecule has 0 fully saturated rings. The molecule has 1 N–H and O–H groups in total. The number of H-pyrrole nitrogens is 1. The fourth-order valence-corrected chi connectivity index (χ4v) is 2.90. The summed E-state index contributed by atoms with van der Waals surface area (Å²) in [6, 6.07) is 15.6. The first kappa shape index (κ1) is 14.4. The molecule has 5 heteroatoms. The average Bonchev–Trinajstić information content (AvgIpc) is 3.00. The Morgan fingerprint density at radius 2 is 1.71 bits per heavy atom. The third-order valence-corrected chi connectivity index (χ3v) is 4.06. The zero-order chi connectivity index (χ0) is 16.7. The van der Waals surface area contributed by atoms with Gasteiger partial charge in [0.25, 0.3) is 5.56 Å². The van der Waals surface area contributed by atoms with E-state index in [2.05, 4.69) is 10.1 Å². The van der Waals surface area contributed by atoms with Crippen LogP contribution in [0.5, 0.6) is 0 Å². The Labute approximate surface area is 137 Å². The van der Waals surface area contributed by atoms with Crippen molar-refractivity contribution in [1.29, 1.82) is 0 Å². The van der Waals surface area contributed by atoms with Gasteiger partial charge in [-0.25, -0.2) is 13.9 Å². The van der Waals surface area contributed by atoms with E-state index in [1.807, 2.05) is 37.3 Å². The summed E-state index contributed by atoms with van der Waals surface area (Å²) in [6.07, 6.45) is 1.71. The first-order valence-electron chi connectivity index (χ1n) is 7.57. The van der Waals surface area contributed by atoms with Gasteiger partial charge in [0.2, 0.25) is 0 Å². The van der Waals surface area contributed by atoms with Crippen LogP contribution in [0, 0.1) is 12.7 Å². The number of rotatable bonds is 2. The van der Waals surface area contributed by atoms with Crippen LogP contribution in [0.2, 0.25) is 0 Å². The van der Waals surface area contributed by atoms with E-state index in [4.69, 9.17) is 0 Å². The molecule has 118 valence electrons. The maximum atomic E-state index is 13.1. The van der Waals surface area contributed by atoms with E-state index >= 15 is 0 Å². The zero-order valence-corrected chi connectivity index (χ0v) is 13.0. The minimum absolute atomic E-state index is 0.155. The van der Waals surface area contributed by atoms with Gasteiger partial charge in [-0.3, -0.25) is 9.89 Å². The van der Waals surface area contributed by atoms with Crippen LogP contribution in [0.25, 0.3) is 27.9 Å². The van der Waals surface area contributed by atoms with E-state index in [0.29, 0.717) is 16.9 Å². The van der Waals surface area contributed by atoms with Gasteiger partial charge >= 0.3 is 0 Å². The van der Waals surface area contributed by atoms with Crippen LogP contribution in [0.4, 0.5) is 4.39 Å². The van der Waals surface area contributed by atoms with Crippen molar-refractivity contribution in [3.05, 3.63) is 82.7 Å². The molecule has 0 saturated heterocycles. The lowest BCUT2D eigenvalue weighted by Crippen LogP contribution is -2.19. The molecule has 0 unspecified atom stereocenters. The summed E-state index contributed by atoms with van der Waals surface area (Å²) in [5.74, 6) is -0.300. The lowest BCUT2D eigenvalue weighted by atomic mass is 10.1. The summed E-state index contributed by atoms with van der Waals surface area (Å²) >= 11 is 0. The summed E-state index contributed by atoms with van der Waals surface area (Å²) in [5, 5.41) is 2.95. The number of nitrogens with zero attached hydrogens (tertiary/aromatic N) is 2. The van der Waals surface area contributed by atoms with E-state index in [9.17, 15) is 9.18 Å². The molecular weight excluding hydrogens is 305 g/mol. The van der Waals surface area contributed by atoms with Crippen LogP contribution in [0.15, 0.2) is 65.6 Å². The lowest BCUT2D eigenvalue weighted by Gasteiger charge is -2.06. The largest absolute Gasteiger partial charge is 0.296 e. The molecular formula is C19H14FN3O. The number of aryl methyl sites for hydroxylation is 1. The Morgan fingerprint density at radius 1 is 1.00 bits per heavy atom. The molecule has 0 atom stereocenters. The van der Waals surface area contributed by atoms with Crippen LogP contribution in [0.3, 0.4) is 0 Å². The zero-order valence-electron chi connectivity index (χ0n) is 13.0. The first-order valence-corrected chi connectivity index (χ1v) is 7.57. The molecule has 2 heterocycles. The number of nitrogens with one attached hydrogen (secondary N) is 1. The van der Waals surface area contributed by atoms with Crippen LogP contribution in [-0.2, 0) is 0 Å². The highest BCUT2D eigenvalue weighted by atomic mass is 19.1. The monoisotopic (exact) mass is 319 g/mol. The summed E-state index contributed by atoms with van der Waals surface area (Å²) in [5.41, 5.74) is 4.00. The lowest BCUT2D eigenvalue weighted by molar-refractivity contribution is 0.628. The van der Waals surface area contributed by atoms with Gasteiger partial charge in [-0.05, 0) is 30.2 Å². The third-order valence-electron chi connectivity index (χ3n) is 4.06. The second kappa shape index (κ2) is 5.45. The molecule has 4 rings (SSSR count). The summed E-state index contributed by atoms with van der Waals surface area (Å²) in [7, 11) is 0. The van der Waals surface area contributed by atoms with E-state index in [1.54, 1.807) is 18.3 Å². The molecule has 4 nitrogen and oxygen atoms in total. The molecule has 0 amide bonds. The minimum atomic E-state index is -0.300. The van der Waals surface area contributed by atoms with Crippen molar-refractivity contribution in [2.24, 2.45) is 0 Å². The molecule has 4 aromatic rings. The predicted octanol–water partition coefficient (Wildman–Crippen LogP) is 3.80. The highest BCUT2D eigenvalue weighted by molar-refractivity contribution is 5.78. The van der Waals surface area contributed by atoms with Gasteiger partial charge in [-0.2, -0.15) is 0 Å². The molecule has 0 aliphatic carbocycles. The normalized spacial score (nSPS) is 11.1. The number of hydrogen-bond acceptors (Lipinski definition) is 2. The number of benzene rings is 2. The molecule has 2 aromatic heterocycles. The van der Waals surface area contributed by atoms with Crippen LogP contribution in [-0.4, -0.2) is 14.6 Å². The SMILES string of the molecule is Cc1nc2c(-c3ccc(F)cc3)c[nH]n2c(=O)c1-c1ccccc1. The topological polar surface area (TPSA) is 50.2 Å². The molecule has 0 aliphatic heterocycles. The Balaban J connectivity index is 1.97. The fourth-order valence-electron chi connectivity index (χ4n) is 2.90. The van der Waals surface area contributed by atoms with Gasteiger partial charge in [0.05, 0.1) is 11.3 Å². The molecule has 0 saturated carbocycles. The van der Waals surface area contributed by atoms with E-state index in [-0.39, 0.29) is 11.4 Å². The van der Waals surface area contributed by atoms with E-state index in [1.165, 1.54) is 16.6 Å². The third kappa shape index (κ3) is 2.22. The first-order chi connectivity index (χ1) is 11.6. The maximum absolute atomic E-state index is 13.1. The maximum Gasteiger partial charge on any atom is 0.280 e. The van der Waals surface area contributed by atoms with E-state index < -0.39 is 0 Å². The highest BCUT2D eigenvalue weighted by Crippen LogP contribution is 2.25. The number of hydrogen-bond donors (Lipinski definition) is 1. The van der Waals surface area contributed by atoms with Gasteiger partial charge in [0, 0.05) is 11.8 Å². The number of aromatic amines is 1. The van der Waals surface area contributed by atoms with Crippen molar-refractivity contribution in [1.82, 2.24) is 14.6 Å². The summed E-state index contributed by atoms with van der Waals surface area (Å²) < 4.78 is 14.6. The smallest absolute Gasteiger partial charge is 0.280 e. The predicted molar refractivity (Wildman–Crippen MR) is 91.4 cm³/mol. The van der Waals surface area contributed by atoms with Crippen LogP contribution in [0.1, 0.15) is 5.69 Å².